The number of aryl methyl sites for hydroxylation is 3. The van der Waals surface area contributed by atoms with E-state index in [2.05, 4.69) is 31.2 Å². The van der Waals surface area contributed by atoms with Crippen LogP contribution in [0.25, 0.3) is 33.0 Å². The molecule has 0 aliphatic carbocycles. The fourth-order valence-corrected chi connectivity index (χ4v) is 3.77. The van der Waals surface area contributed by atoms with Crippen LogP contribution in [0.1, 0.15) is 16.4 Å². The molecule has 0 aliphatic rings. The summed E-state index contributed by atoms with van der Waals surface area (Å²) in [6, 6.07) is 3.93. The summed E-state index contributed by atoms with van der Waals surface area (Å²) in [5.41, 5.74) is 5.39. The summed E-state index contributed by atoms with van der Waals surface area (Å²) in [6.07, 6.45) is 5.19. The molecule has 0 fully saturated rings. The van der Waals surface area contributed by atoms with Gasteiger partial charge in [0.1, 0.15) is 0 Å². The molecule has 4 rings (SSSR count). The lowest BCUT2D eigenvalue weighted by Crippen LogP contribution is -1.93. The molecular formula is C18H15N5O2S. The molecule has 0 aromatic carbocycles. The van der Waals surface area contributed by atoms with Crippen molar-refractivity contribution in [2.45, 2.75) is 20.8 Å². The zero-order valence-corrected chi connectivity index (χ0v) is 15.2. The summed E-state index contributed by atoms with van der Waals surface area (Å²) in [6.45, 7) is 5.96. The Balaban J connectivity index is 1.89. The first-order valence-electron chi connectivity index (χ1n) is 7.93. The van der Waals surface area contributed by atoms with Gasteiger partial charge in [0.2, 0.25) is 0 Å². The van der Waals surface area contributed by atoms with Crippen molar-refractivity contribution in [1.82, 2.24) is 25.1 Å². The van der Waals surface area contributed by atoms with Crippen LogP contribution in [-0.2, 0) is 0 Å². The molecule has 130 valence electrons. The van der Waals surface area contributed by atoms with Gasteiger partial charge in [0.25, 0.3) is 5.89 Å². The molecule has 0 radical (unpaired) electrons. The molecule has 0 saturated heterocycles. The largest absolute Gasteiger partial charge is 0.434 e. The van der Waals surface area contributed by atoms with Crippen LogP contribution in [0, 0.1) is 20.8 Å². The second kappa shape index (κ2) is 6.30. The lowest BCUT2D eigenvalue weighted by Gasteiger charge is -2.10. The van der Waals surface area contributed by atoms with Gasteiger partial charge in [0, 0.05) is 41.0 Å². The van der Waals surface area contributed by atoms with Crippen molar-refractivity contribution in [1.29, 1.82) is 0 Å². The molecule has 0 bridgehead atoms. The van der Waals surface area contributed by atoms with E-state index in [9.17, 15) is 4.79 Å². The van der Waals surface area contributed by atoms with Crippen molar-refractivity contribution in [2.24, 2.45) is 0 Å². The van der Waals surface area contributed by atoms with Crippen LogP contribution in [0.15, 0.2) is 39.9 Å². The third-order valence-electron chi connectivity index (χ3n) is 3.92. The summed E-state index contributed by atoms with van der Waals surface area (Å²) < 4.78 is 5.03. The van der Waals surface area contributed by atoms with E-state index in [1.165, 1.54) is 0 Å². The zero-order chi connectivity index (χ0) is 18.3. The third-order valence-corrected chi connectivity index (χ3v) is 5.03. The number of thiazole rings is 1. The Morgan fingerprint density at radius 3 is 2.54 bits per heavy atom. The molecule has 4 heterocycles. The number of pyridine rings is 2. The first-order valence-corrected chi connectivity index (χ1v) is 8.75. The minimum atomic E-state index is -0.598. The third kappa shape index (κ3) is 2.95. The Kier molecular flexibility index (Phi) is 3.96. The maximum Gasteiger partial charge on any atom is 0.434 e. The maximum atomic E-state index is 11.2. The van der Waals surface area contributed by atoms with E-state index in [0.29, 0.717) is 5.56 Å². The van der Waals surface area contributed by atoms with Gasteiger partial charge in [-0.2, -0.15) is 0 Å². The van der Waals surface area contributed by atoms with E-state index >= 15 is 0 Å². The Hall–Kier alpha value is -3.13. The van der Waals surface area contributed by atoms with Crippen LogP contribution in [0.3, 0.4) is 0 Å². The van der Waals surface area contributed by atoms with Crippen molar-refractivity contribution in [3.63, 3.8) is 0 Å². The Labute approximate surface area is 152 Å². The van der Waals surface area contributed by atoms with Gasteiger partial charge in [-0.25, -0.2) is 14.9 Å². The number of rotatable bonds is 3. The second-order valence-electron chi connectivity index (χ2n) is 5.90. The van der Waals surface area contributed by atoms with Gasteiger partial charge in [-0.1, -0.05) is 0 Å². The highest BCUT2D eigenvalue weighted by atomic mass is 32.1. The van der Waals surface area contributed by atoms with Gasteiger partial charge in [-0.15, -0.1) is 16.4 Å². The summed E-state index contributed by atoms with van der Waals surface area (Å²) in [5.74, 6) is -0.394. The molecule has 0 amide bonds. The first-order chi connectivity index (χ1) is 12.5. The topological polar surface area (TPSA) is 97.6 Å². The summed E-state index contributed by atoms with van der Waals surface area (Å²) in [4.78, 5) is 25.6. The average Bonchev–Trinajstić information content (AvgIpc) is 3.20. The molecular weight excluding hydrogens is 350 g/mol. The van der Waals surface area contributed by atoms with E-state index < -0.39 is 5.76 Å². The number of aromatic nitrogens is 5. The van der Waals surface area contributed by atoms with E-state index in [1.54, 1.807) is 23.7 Å². The summed E-state index contributed by atoms with van der Waals surface area (Å²) >= 11 is 1.65. The minimum Gasteiger partial charge on any atom is -0.388 e. The second-order valence-corrected chi connectivity index (χ2v) is 7.10. The van der Waals surface area contributed by atoms with Crippen LogP contribution in [-0.4, -0.2) is 25.1 Å². The first kappa shape index (κ1) is 16.3. The molecule has 8 heteroatoms. The fourth-order valence-electron chi connectivity index (χ4n) is 2.82. The molecule has 0 aliphatic heterocycles. The van der Waals surface area contributed by atoms with Gasteiger partial charge >= 0.3 is 5.76 Å². The van der Waals surface area contributed by atoms with Gasteiger partial charge in [0.05, 0.1) is 21.1 Å². The fraction of sp³-hybridized carbons (Fsp3) is 0.167. The molecule has 0 unspecified atom stereocenters. The van der Waals surface area contributed by atoms with Crippen LogP contribution in [0.4, 0.5) is 0 Å². The zero-order valence-electron chi connectivity index (χ0n) is 14.4. The highest BCUT2D eigenvalue weighted by molar-refractivity contribution is 7.15. The van der Waals surface area contributed by atoms with Crippen LogP contribution in [0.2, 0.25) is 0 Å². The van der Waals surface area contributed by atoms with Crippen molar-refractivity contribution >= 4 is 11.3 Å². The van der Waals surface area contributed by atoms with E-state index in [4.69, 9.17) is 4.42 Å². The summed E-state index contributed by atoms with van der Waals surface area (Å²) in [7, 11) is 0. The molecule has 4 aromatic heterocycles. The predicted molar refractivity (Wildman–Crippen MR) is 98.9 cm³/mol. The summed E-state index contributed by atoms with van der Waals surface area (Å²) in [5, 5.41) is 7.14. The molecule has 0 atom stereocenters. The molecule has 0 saturated carbocycles. The van der Waals surface area contributed by atoms with E-state index in [0.717, 1.165) is 38.0 Å². The SMILES string of the molecule is Cc1cc(-c2sc(C)nc2C)c(-c2cncc(-c3n[nH]c(=O)o3)c2)cn1. The van der Waals surface area contributed by atoms with Crippen LogP contribution >= 0.6 is 11.3 Å². The van der Waals surface area contributed by atoms with Crippen molar-refractivity contribution < 1.29 is 4.42 Å². The highest BCUT2D eigenvalue weighted by Gasteiger charge is 2.16. The standard InChI is InChI=1S/C18H15N5O2S/c1-9-4-14(16-10(2)21-11(3)26-16)15(8-20-9)12-5-13(7-19-6-12)17-22-23-18(24)25-17/h4-8H,1-3H3,(H,23,24). The van der Waals surface area contributed by atoms with E-state index in [1.807, 2.05) is 33.0 Å². The lowest BCUT2D eigenvalue weighted by atomic mass is 10.00. The Morgan fingerprint density at radius 2 is 1.85 bits per heavy atom. The van der Waals surface area contributed by atoms with Crippen LogP contribution < -0.4 is 5.76 Å². The molecule has 4 aromatic rings. The number of hydrogen-bond acceptors (Lipinski definition) is 7. The molecule has 1 N–H and O–H groups in total. The maximum absolute atomic E-state index is 11.2. The minimum absolute atomic E-state index is 0.204. The van der Waals surface area contributed by atoms with Gasteiger partial charge in [0.15, 0.2) is 0 Å². The number of H-pyrrole nitrogens is 1. The normalized spacial score (nSPS) is 11.0. The lowest BCUT2D eigenvalue weighted by molar-refractivity contribution is 0.527. The van der Waals surface area contributed by atoms with Gasteiger partial charge in [-0.05, 0) is 32.9 Å². The molecule has 7 nitrogen and oxygen atoms in total. The van der Waals surface area contributed by atoms with E-state index in [-0.39, 0.29) is 5.89 Å². The van der Waals surface area contributed by atoms with Crippen LogP contribution in [0.5, 0.6) is 0 Å². The number of aromatic amines is 1. The monoisotopic (exact) mass is 365 g/mol. The number of nitrogens with zero attached hydrogens (tertiary/aromatic N) is 4. The molecule has 26 heavy (non-hydrogen) atoms. The van der Waals surface area contributed by atoms with Crippen molar-refractivity contribution in [3.8, 4) is 33.0 Å². The smallest absolute Gasteiger partial charge is 0.388 e. The Morgan fingerprint density at radius 1 is 1.04 bits per heavy atom. The number of nitrogens with one attached hydrogen (secondary N) is 1. The number of hydrogen-bond donors (Lipinski definition) is 1. The van der Waals surface area contributed by atoms with Crippen molar-refractivity contribution in [3.05, 3.63) is 57.7 Å². The highest BCUT2D eigenvalue weighted by Crippen LogP contribution is 2.37. The quantitative estimate of drug-likeness (QED) is 0.596. The molecule has 0 spiro atoms. The van der Waals surface area contributed by atoms with Gasteiger partial charge in [-0.3, -0.25) is 9.97 Å². The Bertz CT molecular complexity index is 1160. The average molecular weight is 365 g/mol. The van der Waals surface area contributed by atoms with Crippen molar-refractivity contribution in [2.75, 3.05) is 0 Å². The van der Waals surface area contributed by atoms with Gasteiger partial charge < -0.3 is 4.42 Å². The predicted octanol–water partition coefficient (Wildman–Crippen LogP) is 3.54.